The molecule has 7 heteroatoms. The number of aliphatic imine (C=N–C) groups is 1. The van der Waals surface area contributed by atoms with Gasteiger partial charge < -0.3 is 5.11 Å². The molecule has 0 radical (unpaired) electrons. The molecule has 3 rings (SSSR count). The number of rotatable bonds is 2. The van der Waals surface area contributed by atoms with E-state index in [2.05, 4.69) is 10.1 Å². The van der Waals surface area contributed by atoms with Gasteiger partial charge in [0.2, 0.25) is 5.91 Å². The minimum atomic E-state index is -0.945. The Kier molecular flexibility index (Phi) is 2.81. The summed E-state index contributed by atoms with van der Waals surface area (Å²) in [4.78, 5) is 28.4. The molecule has 1 N–H and O–H groups in total. The van der Waals surface area contributed by atoms with Crippen molar-refractivity contribution in [2.75, 3.05) is 13.1 Å². The van der Waals surface area contributed by atoms with Crippen LogP contribution in [0.1, 0.15) is 12.8 Å². The maximum atomic E-state index is 11.8. The van der Waals surface area contributed by atoms with Gasteiger partial charge in [0.25, 0.3) is 0 Å². The molecule has 1 saturated heterocycles. The van der Waals surface area contributed by atoms with Gasteiger partial charge in [0.05, 0.1) is 12.0 Å². The van der Waals surface area contributed by atoms with Crippen LogP contribution in [0.3, 0.4) is 0 Å². The van der Waals surface area contributed by atoms with Crippen molar-refractivity contribution in [3.63, 3.8) is 0 Å². The number of carbonyl (C=O) groups excluding carboxylic acids is 1. The molecule has 2 unspecified atom stereocenters. The van der Waals surface area contributed by atoms with E-state index in [1.54, 1.807) is 17.3 Å². The maximum absolute atomic E-state index is 11.8. The Bertz CT molecular complexity index is 511. The van der Waals surface area contributed by atoms with Gasteiger partial charge in [0.1, 0.15) is 12.4 Å². The van der Waals surface area contributed by atoms with Gasteiger partial charge in [-0.3, -0.25) is 24.5 Å². The molecule has 0 bridgehead atoms. The van der Waals surface area contributed by atoms with Crippen LogP contribution >= 0.6 is 0 Å². The Morgan fingerprint density at radius 3 is 3.05 bits per heavy atom. The van der Waals surface area contributed by atoms with Gasteiger partial charge in [0.15, 0.2) is 0 Å². The fourth-order valence-electron chi connectivity index (χ4n) is 2.66. The van der Waals surface area contributed by atoms with E-state index in [0.717, 1.165) is 6.42 Å². The van der Waals surface area contributed by atoms with E-state index in [1.807, 2.05) is 6.08 Å². The summed E-state index contributed by atoms with van der Waals surface area (Å²) in [5, 5.41) is 14.7. The molecule has 3 heterocycles. The topological polar surface area (TPSA) is 85.6 Å². The second-order valence-corrected chi connectivity index (χ2v) is 4.75. The molecular weight excluding hydrogens is 248 g/mol. The first-order chi connectivity index (χ1) is 9.16. The fourth-order valence-corrected chi connectivity index (χ4v) is 2.66. The molecule has 0 aromatic carbocycles. The second-order valence-electron chi connectivity index (χ2n) is 4.75. The van der Waals surface area contributed by atoms with Gasteiger partial charge >= 0.3 is 5.97 Å². The average Bonchev–Trinajstić information content (AvgIpc) is 2.94. The Hall–Kier alpha value is -2.18. The van der Waals surface area contributed by atoms with Crippen LogP contribution in [-0.2, 0) is 9.59 Å². The van der Waals surface area contributed by atoms with Crippen LogP contribution in [0, 0.1) is 5.92 Å². The first-order valence-electron chi connectivity index (χ1n) is 6.24. The second kappa shape index (κ2) is 4.49. The van der Waals surface area contributed by atoms with Gasteiger partial charge in [-0.2, -0.15) is 5.10 Å². The molecular formula is C12H14N4O3. The first-order valence-corrected chi connectivity index (χ1v) is 6.24. The van der Waals surface area contributed by atoms with Crippen LogP contribution in [0.15, 0.2) is 22.4 Å². The van der Waals surface area contributed by atoms with E-state index in [1.165, 1.54) is 5.01 Å². The molecule has 0 aromatic rings. The van der Waals surface area contributed by atoms with Crippen molar-refractivity contribution in [1.82, 2.24) is 9.91 Å². The number of likely N-dealkylation sites (tertiary alicyclic amines) is 1. The highest BCUT2D eigenvalue weighted by molar-refractivity contribution is 6.04. The molecule has 100 valence electrons. The van der Waals surface area contributed by atoms with Crippen molar-refractivity contribution in [2.24, 2.45) is 16.0 Å². The number of amides is 1. The number of fused-ring (bicyclic) bond motifs is 1. The molecule has 7 nitrogen and oxygen atoms in total. The largest absolute Gasteiger partial charge is 0.480 e. The summed E-state index contributed by atoms with van der Waals surface area (Å²) >= 11 is 0. The third-order valence-corrected chi connectivity index (χ3v) is 3.51. The lowest BCUT2D eigenvalue weighted by molar-refractivity contribution is -0.138. The van der Waals surface area contributed by atoms with Crippen molar-refractivity contribution < 1.29 is 14.7 Å². The minimum Gasteiger partial charge on any atom is -0.480 e. The quantitative estimate of drug-likeness (QED) is 0.753. The molecule has 0 aromatic heterocycles. The highest BCUT2D eigenvalue weighted by Gasteiger charge is 2.41. The summed E-state index contributed by atoms with van der Waals surface area (Å²) in [6.07, 6.45) is 6.59. The van der Waals surface area contributed by atoms with Crippen molar-refractivity contribution in [2.45, 2.75) is 18.9 Å². The number of carbonyl (C=O) groups is 2. The molecule has 0 saturated carbocycles. The molecule has 0 spiro atoms. The smallest absolute Gasteiger partial charge is 0.324 e. The molecule has 19 heavy (non-hydrogen) atoms. The first kappa shape index (κ1) is 11.9. The summed E-state index contributed by atoms with van der Waals surface area (Å²) in [5.41, 5.74) is 0. The zero-order valence-corrected chi connectivity index (χ0v) is 10.3. The summed E-state index contributed by atoms with van der Waals surface area (Å²) in [5.74, 6) is -0.319. The van der Waals surface area contributed by atoms with E-state index in [9.17, 15) is 9.59 Å². The van der Waals surface area contributed by atoms with Crippen LogP contribution in [0.2, 0.25) is 0 Å². The molecule has 1 fully saturated rings. The van der Waals surface area contributed by atoms with Gasteiger partial charge in [-0.25, -0.2) is 0 Å². The number of nitrogens with zero attached hydrogens (tertiary/aromatic N) is 4. The number of hydrogen-bond acceptors (Lipinski definition) is 5. The normalized spacial score (nSPS) is 28.8. The zero-order valence-electron chi connectivity index (χ0n) is 10.3. The monoisotopic (exact) mass is 262 g/mol. The van der Waals surface area contributed by atoms with E-state index >= 15 is 0 Å². The van der Waals surface area contributed by atoms with Crippen molar-refractivity contribution in [3.05, 3.63) is 12.3 Å². The van der Waals surface area contributed by atoms with Crippen LogP contribution in [-0.4, -0.2) is 58.1 Å². The summed E-state index contributed by atoms with van der Waals surface area (Å²) < 4.78 is 0. The lowest BCUT2D eigenvalue weighted by atomic mass is 9.98. The van der Waals surface area contributed by atoms with Gasteiger partial charge in [-0.05, 0) is 6.42 Å². The number of aliphatic carboxylic acids is 1. The lowest BCUT2D eigenvalue weighted by Gasteiger charge is -2.24. The number of hydrogen-bond donors (Lipinski definition) is 1. The Morgan fingerprint density at radius 2 is 2.37 bits per heavy atom. The summed E-state index contributed by atoms with van der Waals surface area (Å²) in [6.45, 7) is 0.472. The molecule has 0 aliphatic carbocycles. The van der Waals surface area contributed by atoms with Crippen LogP contribution in [0.4, 0.5) is 0 Å². The van der Waals surface area contributed by atoms with E-state index in [4.69, 9.17) is 5.11 Å². The zero-order chi connectivity index (χ0) is 13.4. The average molecular weight is 262 g/mol. The highest BCUT2D eigenvalue weighted by Crippen LogP contribution is 2.28. The number of hydrazone groups is 1. The minimum absolute atomic E-state index is 0.0607. The van der Waals surface area contributed by atoms with Crippen molar-refractivity contribution in [3.8, 4) is 0 Å². The number of carboxylic acids is 1. The van der Waals surface area contributed by atoms with E-state index < -0.39 is 5.97 Å². The maximum Gasteiger partial charge on any atom is 0.324 e. The predicted octanol–water partition coefficient (Wildman–Crippen LogP) is -0.0946. The van der Waals surface area contributed by atoms with E-state index in [-0.39, 0.29) is 24.4 Å². The molecule has 3 aliphatic rings. The standard InChI is InChI=1S/C12H14N4O3/c17-10-2-1-5-15(10)12-8-3-4-13-6-9(8)16(14-12)7-11(18)19/h3-4,6,8-9H,1-2,5,7H2,(H,18,19). The Morgan fingerprint density at radius 1 is 1.53 bits per heavy atom. The third kappa shape index (κ3) is 2.00. The van der Waals surface area contributed by atoms with Crippen LogP contribution in [0.5, 0.6) is 0 Å². The summed E-state index contributed by atoms with van der Waals surface area (Å²) in [6, 6.07) is -0.204. The highest BCUT2D eigenvalue weighted by atomic mass is 16.4. The van der Waals surface area contributed by atoms with Gasteiger partial charge in [0, 0.05) is 25.4 Å². The lowest BCUT2D eigenvalue weighted by Crippen LogP contribution is -2.41. The Labute approximate surface area is 109 Å². The van der Waals surface area contributed by atoms with Crippen LogP contribution < -0.4 is 0 Å². The van der Waals surface area contributed by atoms with E-state index in [0.29, 0.717) is 18.8 Å². The number of amidine groups is 1. The molecule has 3 aliphatic heterocycles. The van der Waals surface area contributed by atoms with Crippen molar-refractivity contribution >= 4 is 23.9 Å². The number of carboxylic acid groups (broad SMARTS) is 1. The van der Waals surface area contributed by atoms with Crippen LogP contribution in [0.25, 0.3) is 0 Å². The van der Waals surface area contributed by atoms with Gasteiger partial charge in [-0.15, -0.1) is 0 Å². The summed E-state index contributed by atoms with van der Waals surface area (Å²) in [7, 11) is 0. The van der Waals surface area contributed by atoms with Crippen molar-refractivity contribution in [1.29, 1.82) is 0 Å². The van der Waals surface area contributed by atoms with Gasteiger partial charge in [-0.1, -0.05) is 6.08 Å². The fraction of sp³-hybridized carbons (Fsp3) is 0.500. The SMILES string of the molecule is O=C(O)CN1N=C(N2CCCC2=O)C2C=CN=CC21. The molecule has 1 amide bonds. The third-order valence-electron chi connectivity index (χ3n) is 3.51. The molecule has 2 atom stereocenters. The Balaban J connectivity index is 1.89. The predicted molar refractivity (Wildman–Crippen MR) is 67.6 cm³/mol.